The molecule has 4 rings (SSSR count). The number of pyridine rings is 1. The third-order valence-corrected chi connectivity index (χ3v) is 4.01. The standard InChI is InChI=1S/C17H15FN6O2/c1-3-22-16(26-2)21-24(17(22)25)13-4-5-15-11(6-13)10-23(20-15)14-7-12(18)8-19-9-14/h4-10H,3H2,1-2H3. The number of halogens is 1. The highest BCUT2D eigenvalue weighted by molar-refractivity contribution is 5.80. The maximum atomic E-state index is 13.4. The van der Waals surface area contributed by atoms with Gasteiger partial charge in [0.05, 0.1) is 36.4 Å². The molecule has 0 aliphatic heterocycles. The molecule has 3 aromatic heterocycles. The fourth-order valence-corrected chi connectivity index (χ4v) is 2.77. The lowest BCUT2D eigenvalue weighted by Gasteiger charge is -1.98. The number of hydrogen-bond acceptors (Lipinski definition) is 5. The predicted molar refractivity (Wildman–Crippen MR) is 92.4 cm³/mol. The first-order valence-electron chi connectivity index (χ1n) is 7.95. The van der Waals surface area contributed by atoms with E-state index in [0.29, 0.717) is 23.4 Å². The smallest absolute Gasteiger partial charge is 0.353 e. The molecule has 4 aromatic rings. The van der Waals surface area contributed by atoms with Gasteiger partial charge < -0.3 is 4.74 Å². The molecule has 26 heavy (non-hydrogen) atoms. The maximum Gasteiger partial charge on any atom is 0.353 e. The molecule has 0 aliphatic carbocycles. The van der Waals surface area contributed by atoms with E-state index in [1.54, 1.807) is 29.1 Å². The lowest BCUT2D eigenvalue weighted by molar-refractivity contribution is 0.355. The highest BCUT2D eigenvalue weighted by atomic mass is 19.1. The van der Waals surface area contributed by atoms with Crippen molar-refractivity contribution < 1.29 is 9.13 Å². The van der Waals surface area contributed by atoms with Gasteiger partial charge >= 0.3 is 11.7 Å². The van der Waals surface area contributed by atoms with Gasteiger partial charge in [0.25, 0.3) is 0 Å². The highest BCUT2D eigenvalue weighted by Gasteiger charge is 2.14. The van der Waals surface area contributed by atoms with Gasteiger partial charge in [-0.25, -0.2) is 18.4 Å². The predicted octanol–water partition coefficient (Wildman–Crippen LogP) is 1.94. The minimum Gasteiger partial charge on any atom is -0.467 e. The molecule has 0 spiro atoms. The van der Waals surface area contributed by atoms with Crippen LogP contribution in [0.2, 0.25) is 0 Å². The normalized spacial score (nSPS) is 11.2. The second-order valence-electron chi connectivity index (χ2n) is 5.60. The van der Waals surface area contributed by atoms with Gasteiger partial charge in [-0.1, -0.05) is 0 Å². The first-order chi connectivity index (χ1) is 12.6. The Morgan fingerprint density at radius 1 is 1.15 bits per heavy atom. The fraction of sp³-hybridized carbons (Fsp3) is 0.176. The van der Waals surface area contributed by atoms with Crippen LogP contribution in [0, 0.1) is 5.82 Å². The molecule has 0 atom stereocenters. The van der Waals surface area contributed by atoms with E-state index in [-0.39, 0.29) is 11.7 Å². The summed E-state index contributed by atoms with van der Waals surface area (Å²) in [7, 11) is 1.47. The van der Waals surface area contributed by atoms with Gasteiger partial charge in [0.15, 0.2) is 0 Å². The zero-order chi connectivity index (χ0) is 18.3. The van der Waals surface area contributed by atoms with Crippen LogP contribution in [0.15, 0.2) is 47.7 Å². The minimum absolute atomic E-state index is 0.249. The van der Waals surface area contributed by atoms with Crippen molar-refractivity contribution in [1.29, 1.82) is 0 Å². The third kappa shape index (κ3) is 2.53. The van der Waals surface area contributed by atoms with Crippen LogP contribution in [-0.2, 0) is 6.54 Å². The van der Waals surface area contributed by atoms with Gasteiger partial charge in [0.2, 0.25) is 0 Å². The first kappa shape index (κ1) is 16.0. The van der Waals surface area contributed by atoms with Gasteiger partial charge in [-0.05, 0) is 25.1 Å². The van der Waals surface area contributed by atoms with Crippen molar-refractivity contribution >= 4 is 10.9 Å². The molecule has 1 aromatic carbocycles. The van der Waals surface area contributed by atoms with Crippen LogP contribution in [0.1, 0.15) is 6.92 Å². The lowest BCUT2D eigenvalue weighted by Crippen LogP contribution is -2.23. The molecule has 0 saturated carbocycles. The van der Waals surface area contributed by atoms with Crippen molar-refractivity contribution in [2.24, 2.45) is 0 Å². The summed E-state index contributed by atoms with van der Waals surface area (Å²) in [6, 6.07) is 6.91. The molecule has 0 unspecified atom stereocenters. The fourth-order valence-electron chi connectivity index (χ4n) is 2.77. The largest absolute Gasteiger partial charge is 0.467 e. The molecular formula is C17H15FN6O2. The third-order valence-electron chi connectivity index (χ3n) is 4.01. The van der Waals surface area contributed by atoms with Gasteiger partial charge in [-0.2, -0.15) is 9.78 Å². The Hall–Kier alpha value is -3.49. The summed E-state index contributed by atoms with van der Waals surface area (Å²) in [6.07, 6.45) is 4.40. The Bertz CT molecular complexity index is 1160. The minimum atomic E-state index is -0.438. The molecule has 0 radical (unpaired) electrons. The summed E-state index contributed by atoms with van der Waals surface area (Å²) in [5.74, 6) is -0.438. The van der Waals surface area contributed by atoms with Crippen molar-refractivity contribution in [2.45, 2.75) is 13.5 Å². The van der Waals surface area contributed by atoms with E-state index in [4.69, 9.17) is 4.74 Å². The first-order valence-corrected chi connectivity index (χ1v) is 7.95. The van der Waals surface area contributed by atoms with E-state index in [1.165, 1.54) is 28.6 Å². The molecule has 0 bridgehead atoms. The number of ether oxygens (including phenoxy) is 1. The SMILES string of the molecule is CCn1c(OC)nn(-c2ccc3nn(-c4cncc(F)c4)cc3c2)c1=O. The summed E-state index contributed by atoms with van der Waals surface area (Å²) in [6.45, 7) is 2.30. The van der Waals surface area contributed by atoms with Crippen molar-refractivity contribution in [3.63, 3.8) is 0 Å². The molecule has 0 fully saturated rings. The average molecular weight is 354 g/mol. The number of methoxy groups -OCH3 is 1. The Balaban J connectivity index is 1.82. The van der Waals surface area contributed by atoms with Crippen LogP contribution < -0.4 is 10.4 Å². The Labute approximate surface area is 147 Å². The quantitative estimate of drug-likeness (QED) is 0.559. The second kappa shape index (κ2) is 6.10. The molecule has 9 heteroatoms. The van der Waals surface area contributed by atoms with Crippen LogP contribution in [0.4, 0.5) is 4.39 Å². The van der Waals surface area contributed by atoms with Crippen molar-refractivity contribution in [2.75, 3.05) is 7.11 Å². The maximum absolute atomic E-state index is 13.4. The summed E-state index contributed by atoms with van der Waals surface area (Å²) in [5.41, 5.74) is 1.51. The topological polar surface area (TPSA) is 79.8 Å². The van der Waals surface area contributed by atoms with E-state index >= 15 is 0 Å². The van der Waals surface area contributed by atoms with Crippen LogP contribution in [0.25, 0.3) is 22.3 Å². The summed E-state index contributed by atoms with van der Waals surface area (Å²) in [4.78, 5) is 16.3. The molecule has 132 valence electrons. The Kier molecular flexibility index (Phi) is 3.76. The van der Waals surface area contributed by atoms with Crippen LogP contribution in [-0.4, -0.2) is 36.2 Å². The molecule has 0 N–H and O–H groups in total. The van der Waals surface area contributed by atoms with Gasteiger partial charge in [0, 0.05) is 24.2 Å². The van der Waals surface area contributed by atoms with E-state index in [0.717, 1.165) is 11.6 Å². The van der Waals surface area contributed by atoms with Crippen molar-refractivity contribution in [3.8, 4) is 17.4 Å². The van der Waals surface area contributed by atoms with Crippen LogP contribution in [0.5, 0.6) is 6.01 Å². The van der Waals surface area contributed by atoms with Gasteiger partial charge in [-0.15, -0.1) is 5.10 Å². The summed E-state index contributed by atoms with van der Waals surface area (Å²) >= 11 is 0. The van der Waals surface area contributed by atoms with E-state index in [1.807, 2.05) is 6.92 Å². The lowest BCUT2D eigenvalue weighted by atomic mass is 10.2. The molecular weight excluding hydrogens is 339 g/mol. The molecule has 8 nitrogen and oxygen atoms in total. The van der Waals surface area contributed by atoms with Crippen LogP contribution in [0.3, 0.4) is 0 Å². The number of hydrogen-bond donors (Lipinski definition) is 0. The number of fused-ring (bicyclic) bond motifs is 1. The van der Waals surface area contributed by atoms with E-state index in [9.17, 15) is 9.18 Å². The summed E-state index contributed by atoms with van der Waals surface area (Å²) in [5, 5.41) is 9.40. The molecule has 0 amide bonds. The number of aromatic nitrogens is 6. The van der Waals surface area contributed by atoms with Crippen LogP contribution >= 0.6 is 0 Å². The monoisotopic (exact) mass is 354 g/mol. The van der Waals surface area contributed by atoms with Crippen molar-refractivity contribution in [1.82, 2.24) is 29.1 Å². The Morgan fingerprint density at radius 3 is 2.69 bits per heavy atom. The average Bonchev–Trinajstić information content (AvgIpc) is 3.21. The Morgan fingerprint density at radius 2 is 2.00 bits per heavy atom. The van der Waals surface area contributed by atoms with Gasteiger partial charge in [0.1, 0.15) is 5.82 Å². The number of benzene rings is 1. The highest BCUT2D eigenvalue weighted by Crippen LogP contribution is 2.19. The molecule has 0 saturated heterocycles. The second-order valence-corrected chi connectivity index (χ2v) is 5.60. The zero-order valence-electron chi connectivity index (χ0n) is 14.1. The molecule has 0 aliphatic rings. The van der Waals surface area contributed by atoms with E-state index in [2.05, 4.69) is 15.2 Å². The summed E-state index contributed by atoms with van der Waals surface area (Å²) < 4.78 is 22.8. The number of rotatable bonds is 4. The zero-order valence-corrected chi connectivity index (χ0v) is 14.1. The number of nitrogens with zero attached hydrogens (tertiary/aromatic N) is 6. The molecule has 3 heterocycles. The van der Waals surface area contributed by atoms with Gasteiger partial charge in [-0.3, -0.25) is 4.98 Å². The van der Waals surface area contributed by atoms with Crippen molar-refractivity contribution in [3.05, 3.63) is 59.2 Å². The van der Waals surface area contributed by atoms with E-state index < -0.39 is 5.82 Å².